The SMILES string of the molecule is CO[C@H]1[C@H](NC(=O)c2ccccc2)[C@H](O)O[C@H](COC(C)=O)[C@@H]1OC(C)=O. The molecule has 9 heteroatoms. The van der Waals surface area contributed by atoms with Crippen molar-refractivity contribution in [3.63, 3.8) is 0 Å². The number of hydrogen-bond acceptors (Lipinski definition) is 8. The zero-order chi connectivity index (χ0) is 20.0. The predicted molar refractivity (Wildman–Crippen MR) is 91.6 cm³/mol. The van der Waals surface area contributed by atoms with Crippen LogP contribution in [0.25, 0.3) is 0 Å². The number of amides is 1. The number of hydrogen-bond donors (Lipinski definition) is 2. The molecule has 0 aromatic heterocycles. The first kappa shape index (κ1) is 20.8. The largest absolute Gasteiger partial charge is 0.463 e. The number of methoxy groups -OCH3 is 1. The Hall–Kier alpha value is -2.49. The van der Waals surface area contributed by atoms with Crippen LogP contribution in [0, 0.1) is 0 Å². The highest BCUT2D eigenvalue weighted by molar-refractivity contribution is 5.94. The van der Waals surface area contributed by atoms with Crippen molar-refractivity contribution in [2.75, 3.05) is 13.7 Å². The lowest BCUT2D eigenvalue weighted by Gasteiger charge is -2.43. The molecule has 0 radical (unpaired) electrons. The number of rotatable bonds is 6. The molecule has 1 fully saturated rings. The van der Waals surface area contributed by atoms with Gasteiger partial charge in [0.1, 0.15) is 24.9 Å². The van der Waals surface area contributed by atoms with Gasteiger partial charge in [0, 0.05) is 26.5 Å². The number of carbonyl (C=O) groups is 3. The van der Waals surface area contributed by atoms with E-state index in [1.165, 1.54) is 21.0 Å². The number of aliphatic hydroxyl groups is 1. The van der Waals surface area contributed by atoms with E-state index in [0.29, 0.717) is 5.56 Å². The summed E-state index contributed by atoms with van der Waals surface area (Å²) in [6.07, 6.45) is -4.35. The highest BCUT2D eigenvalue weighted by Gasteiger charge is 2.48. The van der Waals surface area contributed by atoms with Gasteiger partial charge in [0.25, 0.3) is 5.91 Å². The van der Waals surface area contributed by atoms with Crippen LogP contribution in [0.5, 0.6) is 0 Å². The van der Waals surface area contributed by atoms with Crippen LogP contribution in [-0.4, -0.2) is 67.3 Å². The molecule has 1 aliphatic rings. The first-order valence-electron chi connectivity index (χ1n) is 8.36. The van der Waals surface area contributed by atoms with Crippen LogP contribution in [0.1, 0.15) is 24.2 Å². The summed E-state index contributed by atoms with van der Waals surface area (Å²) in [5.74, 6) is -1.61. The molecule has 1 aliphatic heterocycles. The van der Waals surface area contributed by atoms with Crippen molar-refractivity contribution < 1.29 is 38.4 Å². The van der Waals surface area contributed by atoms with E-state index in [1.54, 1.807) is 30.3 Å². The fraction of sp³-hybridized carbons (Fsp3) is 0.500. The Morgan fingerprint density at radius 3 is 2.33 bits per heavy atom. The molecule has 1 aromatic rings. The first-order chi connectivity index (χ1) is 12.8. The summed E-state index contributed by atoms with van der Waals surface area (Å²) in [6.45, 7) is 2.18. The fourth-order valence-electron chi connectivity index (χ4n) is 2.85. The summed E-state index contributed by atoms with van der Waals surface area (Å²) in [4.78, 5) is 35.0. The molecular weight excluding hydrogens is 358 g/mol. The van der Waals surface area contributed by atoms with Crippen LogP contribution in [0.15, 0.2) is 30.3 Å². The van der Waals surface area contributed by atoms with Gasteiger partial charge in [0.15, 0.2) is 12.4 Å². The Kier molecular flexibility index (Phi) is 7.28. The molecule has 5 atom stereocenters. The van der Waals surface area contributed by atoms with E-state index < -0.39 is 48.5 Å². The molecule has 1 saturated heterocycles. The van der Waals surface area contributed by atoms with E-state index in [4.69, 9.17) is 18.9 Å². The summed E-state index contributed by atoms with van der Waals surface area (Å²) in [5, 5.41) is 13.0. The summed E-state index contributed by atoms with van der Waals surface area (Å²) >= 11 is 0. The zero-order valence-corrected chi connectivity index (χ0v) is 15.3. The van der Waals surface area contributed by atoms with E-state index >= 15 is 0 Å². The minimum atomic E-state index is -1.46. The third-order valence-electron chi connectivity index (χ3n) is 4.02. The average Bonchev–Trinajstić information content (AvgIpc) is 2.63. The molecule has 27 heavy (non-hydrogen) atoms. The molecule has 1 heterocycles. The van der Waals surface area contributed by atoms with Crippen LogP contribution >= 0.6 is 0 Å². The minimum Gasteiger partial charge on any atom is -0.463 e. The highest BCUT2D eigenvalue weighted by Crippen LogP contribution is 2.25. The van der Waals surface area contributed by atoms with Crippen molar-refractivity contribution >= 4 is 17.8 Å². The third-order valence-corrected chi connectivity index (χ3v) is 4.02. The zero-order valence-electron chi connectivity index (χ0n) is 15.3. The molecular formula is C18H23NO8. The van der Waals surface area contributed by atoms with Crippen molar-refractivity contribution in [1.29, 1.82) is 0 Å². The maximum absolute atomic E-state index is 12.4. The predicted octanol–water partition coefficient (Wildman–Crippen LogP) is 0.0120. The monoisotopic (exact) mass is 381 g/mol. The highest BCUT2D eigenvalue weighted by atomic mass is 16.7. The van der Waals surface area contributed by atoms with E-state index in [-0.39, 0.29) is 6.61 Å². The number of carbonyl (C=O) groups excluding carboxylic acids is 3. The summed E-state index contributed by atoms with van der Waals surface area (Å²) in [5.41, 5.74) is 0.380. The van der Waals surface area contributed by atoms with Crippen molar-refractivity contribution in [2.24, 2.45) is 0 Å². The van der Waals surface area contributed by atoms with Gasteiger partial charge in [-0.05, 0) is 12.1 Å². The molecule has 0 saturated carbocycles. The minimum absolute atomic E-state index is 0.246. The molecule has 0 unspecified atom stereocenters. The molecule has 148 valence electrons. The van der Waals surface area contributed by atoms with Gasteiger partial charge in [-0.15, -0.1) is 0 Å². The molecule has 2 rings (SSSR count). The smallest absolute Gasteiger partial charge is 0.303 e. The number of aliphatic hydroxyl groups excluding tert-OH is 1. The maximum atomic E-state index is 12.4. The van der Waals surface area contributed by atoms with Crippen molar-refractivity contribution in [1.82, 2.24) is 5.32 Å². The average molecular weight is 381 g/mol. The van der Waals surface area contributed by atoms with E-state index in [9.17, 15) is 19.5 Å². The van der Waals surface area contributed by atoms with E-state index in [0.717, 1.165) is 0 Å². The second-order valence-corrected chi connectivity index (χ2v) is 6.01. The number of nitrogens with one attached hydrogen (secondary N) is 1. The molecule has 2 N–H and O–H groups in total. The lowest BCUT2D eigenvalue weighted by Crippen LogP contribution is -2.65. The Morgan fingerprint density at radius 2 is 1.78 bits per heavy atom. The van der Waals surface area contributed by atoms with Crippen LogP contribution in [-0.2, 0) is 28.5 Å². The molecule has 0 aliphatic carbocycles. The topological polar surface area (TPSA) is 120 Å². The van der Waals surface area contributed by atoms with Crippen LogP contribution in [0.2, 0.25) is 0 Å². The van der Waals surface area contributed by atoms with Gasteiger partial charge in [0.2, 0.25) is 0 Å². The lowest BCUT2D eigenvalue weighted by atomic mass is 9.96. The molecule has 9 nitrogen and oxygen atoms in total. The van der Waals surface area contributed by atoms with Gasteiger partial charge < -0.3 is 29.4 Å². The normalized spacial score (nSPS) is 27.5. The Balaban J connectivity index is 2.20. The van der Waals surface area contributed by atoms with Gasteiger partial charge in [-0.1, -0.05) is 18.2 Å². The summed E-state index contributed by atoms with van der Waals surface area (Å²) < 4.78 is 21.0. The Bertz CT molecular complexity index is 665. The lowest BCUT2D eigenvalue weighted by molar-refractivity contribution is -0.263. The number of esters is 2. The first-order valence-corrected chi connectivity index (χ1v) is 8.36. The van der Waals surface area contributed by atoms with Crippen LogP contribution in [0.4, 0.5) is 0 Å². The Labute approximate surface area is 156 Å². The molecule has 0 bridgehead atoms. The van der Waals surface area contributed by atoms with E-state index in [1.807, 2.05) is 0 Å². The van der Waals surface area contributed by atoms with Crippen LogP contribution in [0.3, 0.4) is 0 Å². The van der Waals surface area contributed by atoms with Gasteiger partial charge >= 0.3 is 11.9 Å². The van der Waals surface area contributed by atoms with Crippen molar-refractivity contribution in [2.45, 2.75) is 44.5 Å². The summed E-state index contributed by atoms with van der Waals surface area (Å²) in [7, 11) is 1.35. The van der Waals surface area contributed by atoms with Gasteiger partial charge in [-0.2, -0.15) is 0 Å². The van der Waals surface area contributed by atoms with Crippen molar-refractivity contribution in [3.05, 3.63) is 35.9 Å². The number of ether oxygens (including phenoxy) is 4. The van der Waals surface area contributed by atoms with E-state index in [2.05, 4.69) is 5.32 Å². The quantitative estimate of drug-likeness (QED) is 0.662. The maximum Gasteiger partial charge on any atom is 0.303 e. The van der Waals surface area contributed by atoms with Gasteiger partial charge in [-0.3, -0.25) is 14.4 Å². The standard InChI is InChI=1S/C18H23NO8/c1-10(20)25-9-13-15(26-11(2)21)16(24-3)14(18(23)27-13)19-17(22)12-7-5-4-6-8-12/h4-8,13-16,18,23H,9H2,1-3H3,(H,19,22)/t13-,14+,15+,16+,18-/m1/s1. The molecule has 1 aromatic carbocycles. The second kappa shape index (κ2) is 9.45. The van der Waals surface area contributed by atoms with Gasteiger partial charge in [0.05, 0.1) is 0 Å². The Morgan fingerprint density at radius 1 is 1.11 bits per heavy atom. The van der Waals surface area contributed by atoms with Crippen molar-refractivity contribution in [3.8, 4) is 0 Å². The summed E-state index contributed by atoms with van der Waals surface area (Å²) in [6, 6.07) is 7.38. The van der Waals surface area contributed by atoms with Crippen LogP contribution < -0.4 is 5.32 Å². The molecule has 0 spiro atoms. The van der Waals surface area contributed by atoms with Gasteiger partial charge in [-0.25, -0.2) is 0 Å². The fourth-order valence-corrected chi connectivity index (χ4v) is 2.85. The number of benzene rings is 1. The molecule has 1 amide bonds. The second-order valence-electron chi connectivity index (χ2n) is 6.01. The third kappa shape index (κ3) is 5.49.